The summed E-state index contributed by atoms with van der Waals surface area (Å²) in [5, 5.41) is 0. The zero-order valence-corrected chi connectivity index (χ0v) is 11.6. The Morgan fingerprint density at radius 3 is 2.55 bits per heavy atom. The monoisotopic (exact) mass is 266 g/mol. The zero-order chi connectivity index (χ0) is 13.9. The van der Waals surface area contributed by atoms with E-state index in [9.17, 15) is 4.79 Å². The summed E-state index contributed by atoms with van der Waals surface area (Å²) in [7, 11) is 1.58. The molecule has 1 aliphatic rings. The molecule has 1 saturated carbocycles. The van der Waals surface area contributed by atoms with Crippen LogP contribution in [0.4, 0.5) is 0 Å². The van der Waals surface area contributed by atoms with Gasteiger partial charge in [-0.2, -0.15) is 0 Å². The van der Waals surface area contributed by atoms with Gasteiger partial charge in [0.15, 0.2) is 6.29 Å². The third-order valence-electron chi connectivity index (χ3n) is 4.15. The maximum absolute atomic E-state index is 11.1. The van der Waals surface area contributed by atoms with Crippen molar-refractivity contribution in [1.29, 1.82) is 0 Å². The second-order valence-electron chi connectivity index (χ2n) is 5.33. The molecule has 0 saturated heterocycles. The van der Waals surface area contributed by atoms with Crippen LogP contribution in [0.5, 0.6) is 5.75 Å². The summed E-state index contributed by atoms with van der Waals surface area (Å²) < 4.78 is 5.18. The molecule has 0 N–H and O–H groups in total. The molecule has 0 atom stereocenters. The van der Waals surface area contributed by atoms with E-state index in [2.05, 4.69) is 24.3 Å². The molecule has 0 amide bonds. The predicted molar refractivity (Wildman–Crippen MR) is 80.4 cm³/mol. The normalized spacial score (nSPS) is 14.7. The van der Waals surface area contributed by atoms with E-state index in [1.807, 2.05) is 18.2 Å². The van der Waals surface area contributed by atoms with Crippen molar-refractivity contribution >= 4 is 6.29 Å². The Morgan fingerprint density at radius 1 is 1.10 bits per heavy atom. The maximum Gasteiger partial charge on any atom is 0.153 e. The van der Waals surface area contributed by atoms with Crippen LogP contribution in [0.25, 0.3) is 11.1 Å². The fourth-order valence-electron chi connectivity index (χ4n) is 2.72. The molecule has 2 aromatic rings. The lowest BCUT2D eigenvalue weighted by Gasteiger charge is -2.26. The SMILES string of the molecule is COc1ccc(-c2cccc(C3CCC3)c2)cc1C=O. The first kappa shape index (κ1) is 12.9. The first-order chi connectivity index (χ1) is 9.81. The Labute approximate surface area is 119 Å². The lowest BCUT2D eigenvalue weighted by Crippen LogP contribution is -2.08. The van der Waals surface area contributed by atoms with Gasteiger partial charge in [-0.3, -0.25) is 4.79 Å². The Bertz CT molecular complexity index is 627. The molecule has 0 spiro atoms. The van der Waals surface area contributed by atoms with Gasteiger partial charge in [-0.1, -0.05) is 36.8 Å². The van der Waals surface area contributed by atoms with Crippen LogP contribution in [0.3, 0.4) is 0 Å². The van der Waals surface area contributed by atoms with Gasteiger partial charge in [0.05, 0.1) is 12.7 Å². The number of hydrogen-bond acceptors (Lipinski definition) is 2. The summed E-state index contributed by atoms with van der Waals surface area (Å²) in [4.78, 5) is 11.1. The predicted octanol–water partition coefficient (Wildman–Crippen LogP) is 4.44. The molecule has 3 rings (SSSR count). The van der Waals surface area contributed by atoms with E-state index in [4.69, 9.17) is 4.74 Å². The number of methoxy groups -OCH3 is 1. The van der Waals surface area contributed by atoms with E-state index in [0.29, 0.717) is 11.3 Å². The molecule has 0 aromatic heterocycles. The summed E-state index contributed by atoms with van der Waals surface area (Å²) in [5.41, 5.74) is 4.24. The molecule has 0 aliphatic heterocycles. The molecule has 2 heteroatoms. The summed E-state index contributed by atoms with van der Waals surface area (Å²) in [6, 6.07) is 14.4. The van der Waals surface area contributed by atoms with Gasteiger partial charge in [0, 0.05) is 0 Å². The number of hydrogen-bond donors (Lipinski definition) is 0. The number of ether oxygens (including phenoxy) is 1. The molecule has 102 valence electrons. The Kier molecular flexibility index (Phi) is 3.55. The second-order valence-corrected chi connectivity index (χ2v) is 5.33. The summed E-state index contributed by atoms with van der Waals surface area (Å²) in [5.74, 6) is 1.35. The lowest BCUT2D eigenvalue weighted by atomic mass is 9.79. The molecular formula is C18H18O2. The van der Waals surface area contributed by atoms with E-state index in [-0.39, 0.29) is 0 Å². The lowest BCUT2D eigenvalue weighted by molar-refractivity contribution is 0.112. The average Bonchev–Trinajstić information content (AvgIpc) is 2.45. The molecule has 0 heterocycles. The smallest absolute Gasteiger partial charge is 0.153 e. The third kappa shape index (κ3) is 2.34. The van der Waals surface area contributed by atoms with E-state index >= 15 is 0 Å². The molecule has 0 radical (unpaired) electrons. The summed E-state index contributed by atoms with van der Waals surface area (Å²) in [6.45, 7) is 0. The number of carbonyl (C=O) groups is 1. The van der Waals surface area contributed by atoms with Gasteiger partial charge in [0.25, 0.3) is 0 Å². The first-order valence-electron chi connectivity index (χ1n) is 7.05. The molecule has 0 unspecified atom stereocenters. The highest BCUT2D eigenvalue weighted by atomic mass is 16.5. The minimum atomic E-state index is 0.596. The van der Waals surface area contributed by atoms with Crippen molar-refractivity contribution in [2.75, 3.05) is 7.11 Å². The number of aldehydes is 1. The number of carbonyl (C=O) groups excluding carboxylic acids is 1. The van der Waals surface area contributed by atoms with E-state index in [0.717, 1.165) is 17.8 Å². The van der Waals surface area contributed by atoms with Crippen LogP contribution in [-0.2, 0) is 0 Å². The average molecular weight is 266 g/mol. The minimum absolute atomic E-state index is 0.596. The largest absolute Gasteiger partial charge is 0.496 e. The molecule has 1 aliphatic carbocycles. The van der Waals surface area contributed by atoms with E-state index in [1.165, 1.54) is 30.4 Å². The quantitative estimate of drug-likeness (QED) is 0.765. The van der Waals surface area contributed by atoms with Crippen molar-refractivity contribution in [3.8, 4) is 16.9 Å². The first-order valence-corrected chi connectivity index (χ1v) is 7.05. The maximum atomic E-state index is 11.1. The number of benzene rings is 2. The van der Waals surface area contributed by atoms with Crippen LogP contribution >= 0.6 is 0 Å². The zero-order valence-electron chi connectivity index (χ0n) is 11.6. The topological polar surface area (TPSA) is 26.3 Å². The molecule has 20 heavy (non-hydrogen) atoms. The molecule has 2 nitrogen and oxygen atoms in total. The van der Waals surface area contributed by atoms with Crippen molar-refractivity contribution in [3.63, 3.8) is 0 Å². The second kappa shape index (κ2) is 5.49. The highest BCUT2D eigenvalue weighted by molar-refractivity contribution is 5.83. The molecular weight excluding hydrogens is 248 g/mol. The van der Waals surface area contributed by atoms with Crippen molar-refractivity contribution in [1.82, 2.24) is 0 Å². The molecule has 2 aromatic carbocycles. The highest BCUT2D eigenvalue weighted by Crippen LogP contribution is 2.37. The van der Waals surface area contributed by atoms with Gasteiger partial charge in [-0.15, -0.1) is 0 Å². The third-order valence-corrected chi connectivity index (χ3v) is 4.15. The Hall–Kier alpha value is -2.09. The van der Waals surface area contributed by atoms with Crippen molar-refractivity contribution < 1.29 is 9.53 Å². The Balaban J connectivity index is 1.97. The van der Waals surface area contributed by atoms with E-state index in [1.54, 1.807) is 7.11 Å². The van der Waals surface area contributed by atoms with Crippen LogP contribution in [0.2, 0.25) is 0 Å². The number of rotatable bonds is 4. The van der Waals surface area contributed by atoms with Crippen LogP contribution in [0, 0.1) is 0 Å². The van der Waals surface area contributed by atoms with Crippen LogP contribution < -0.4 is 4.74 Å². The summed E-state index contributed by atoms with van der Waals surface area (Å²) >= 11 is 0. The standard InChI is InChI=1S/C18H18O2/c1-20-18-9-8-16(11-17(18)12-19)15-7-3-6-14(10-15)13-4-2-5-13/h3,6-13H,2,4-5H2,1H3. The van der Waals surface area contributed by atoms with Crippen molar-refractivity contribution in [2.24, 2.45) is 0 Å². The minimum Gasteiger partial charge on any atom is -0.496 e. The summed E-state index contributed by atoms with van der Waals surface area (Å²) in [6.07, 6.45) is 4.78. The highest BCUT2D eigenvalue weighted by Gasteiger charge is 2.19. The molecule has 0 bridgehead atoms. The van der Waals surface area contributed by atoms with E-state index < -0.39 is 0 Å². The fourth-order valence-corrected chi connectivity index (χ4v) is 2.72. The van der Waals surface area contributed by atoms with Crippen molar-refractivity contribution in [3.05, 3.63) is 53.6 Å². The molecule has 1 fully saturated rings. The van der Waals surface area contributed by atoms with Crippen LogP contribution in [0.1, 0.15) is 41.1 Å². The van der Waals surface area contributed by atoms with Gasteiger partial charge in [0.2, 0.25) is 0 Å². The fraction of sp³-hybridized carbons (Fsp3) is 0.278. The Morgan fingerprint density at radius 2 is 1.90 bits per heavy atom. The van der Waals surface area contributed by atoms with Crippen LogP contribution in [0.15, 0.2) is 42.5 Å². The van der Waals surface area contributed by atoms with Gasteiger partial charge in [0.1, 0.15) is 5.75 Å². The van der Waals surface area contributed by atoms with Gasteiger partial charge in [-0.05, 0) is 47.6 Å². The van der Waals surface area contributed by atoms with Crippen LogP contribution in [-0.4, -0.2) is 13.4 Å². The van der Waals surface area contributed by atoms with Gasteiger partial charge < -0.3 is 4.74 Å². The van der Waals surface area contributed by atoms with Crippen molar-refractivity contribution in [2.45, 2.75) is 25.2 Å². The van der Waals surface area contributed by atoms with Gasteiger partial charge in [-0.25, -0.2) is 0 Å². The van der Waals surface area contributed by atoms with Gasteiger partial charge >= 0.3 is 0 Å².